The van der Waals surface area contributed by atoms with E-state index in [1.54, 1.807) is 0 Å². The largest absolute Gasteiger partial charge is 0.455 e. The minimum absolute atomic E-state index is 0.901. The number of hydrogen-bond acceptors (Lipinski definition) is 4. The van der Waals surface area contributed by atoms with Gasteiger partial charge in [0.1, 0.15) is 22.3 Å². The van der Waals surface area contributed by atoms with E-state index in [4.69, 9.17) is 8.83 Å². The molecule has 0 fully saturated rings. The Kier molecular flexibility index (Phi) is 7.40. The lowest BCUT2D eigenvalue weighted by Crippen LogP contribution is -2.11. The topological polar surface area (TPSA) is 29.5 Å². The fourth-order valence-corrected chi connectivity index (χ4v) is 10.0. The second kappa shape index (κ2) is 13.1. The molecular formula is C54H33NO2S. The van der Waals surface area contributed by atoms with Crippen LogP contribution in [0.3, 0.4) is 0 Å². The van der Waals surface area contributed by atoms with E-state index >= 15 is 0 Å². The molecule has 3 aromatic heterocycles. The lowest BCUT2D eigenvalue weighted by atomic mass is 9.98. The molecule has 0 atom stereocenters. The summed E-state index contributed by atoms with van der Waals surface area (Å²) in [5.74, 6) is 0. The van der Waals surface area contributed by atoms with Crippen LogP contribution in [0, 0.1) is 0 Å². The van der Waals surface area contributed by atoms with Gasteiger partial charge in [0.15, 0.2) is 0 Å². The summed E-state index contributed by atoms with van der Waals surface area (Å²) in [5.41, 5.74) is 13.6. The first kappa shape index (κ1) is 32.8. The molecule has 0 bridgehead atoms. The standard InChI is InChI=1S/C54H33NO2S/c1-2-12-34(13-3-1)39-32-33-47-44-16-6-9-23-50(44)58-54(47)51(39)55(37-28-24-35(25-29-37)40-17-10-19-45-42-14-4-7-21-48(42)56-52(40)45)38-30-26-36(27-31-38)41-18-11-20-46-43-15-5-8-22-49(43)57-53(41)46/h1-33H. The van der Waals surface area contributed by atoms with Crippen LogP contribution in [0.2, 0.25) is 0 Å². The quantitative estimate of drug-likeness (QED) is 0.169. The number of nitrogens with zero attached hydrogens (tertiary/aromatic N) is 1. The molecular weight excluding hydrogens is 727 g/mol. The first-order valence-electron chi connectivity index (χ1n) is 19.6. The van der Waals surface area contributed by atoms with Gasteiger partial charge in [-0.2, -0.15) is 0 Å². The van der Waals surface area contributed by atoms with Gasteiger partial charge in [0.2, 0.25) is 0 Å². The molecule has 0 aliphatic heterocycles. The van der Waals surface area contributed by atoms with Crippen LogP contribution in [0.25, 0.3) is 97.4 Å². The molecule has 0 amide bonds. The number of rotatable bonds is 6. The monoisotopic (exact) mass is 759 g/mol. The first-order valence-corrected chi connectivity index (χ1v) is 20.4. The molecule has 272 valence electrons. The lowest BCUT2D eigenvalue weighted by molar-refractivity contribution is 0.669. The first-order chi connectivity index (χ1) is 28.8. The number of fused-ring (bicyclic) bond motifs is 9. The number of hydrogen-bond donors (Lipinski definition) is 0. The Balaban J connectivity index is 1.06. The normalized spacial score (nSPS) is 11.8. The van der Waals surface area contributed by atoms with Crippen LogP contribution >= 0.6 is 11.3 Å². The van der Waals surface area contributed by atoms with Crippen molar-refractivity contribution in [1.29, 1.82) is 0 Å². The van der Waals surface area contributed by atoms with Gasteiger partial charge in [-0.15, -0.1) is 11.3 Å². The van der Waals surface area contributed by atoms with Crippen molar-refractivity contribution in [2.75, 3.05) is 4.90 Å². The molecule has 12 rings (SSSR count). The third-order valence-corrected chi connectivity index (χ3v) is 12.7. The predicted molar refractivity (Wildman–Crippen MR) is 245 cm³/mol. The Hall–Kier alpha value is -7.40. The summed E-state index contributed by atoms with van der Waals surface area (Å²) in [6.45, 7) is 0. The van der Waals surface area contributed by atoms with Gasteiger partial charge in [-0.3, -0.25) is 0 Å². The van der Waals surface area contributed by atoms with Gasteiger partial charge in [-0.25, -0.2) is 0 Å². The van der Waals surface area contributed by atoms with Gasteiger partial charge in [0.25, 0.3) is 0 Å². The Labute approximate surface area is 338 Å². The molecule has 0 N–H and O–H groups in total. The Morgan fingerprint density at radius 3 is 1.40 bits per heavy atom. The van der Waals surface area contributed by atoms with E-state index in [0.29, 0.717) is 0 Å². The van der Waals surface area contributed by atoms with Crippen molar-refractivity contribution in [3.8, 4) is 33.4 Å². The van der Waals surface area contributed by atoms with E-state index in [1.807, 2.05) is 35.6 Å². The molecule has 0 spiro atoms. The van der Waals surface area contributed by atoms with E-state index < -0.39 is 0 Å². The molecule has 4 heteroatoms. The van der Waals surface area contributed by atoms with Crippen LogP contribution in [0.5, 0.6) is 0 Å². The zero-order chi connectivity index (χ0) is 38.2. The van der Waals surface area contributed by atoms with E-state index in [1.165, 1.54) is 31.3 Å². The number of para-hydroxylation sites is 4. The Morgan fingerprint density at radius 1 is 0.328 bits per heavy atom. The van der Waals surface area contributed by atoms with Crippen molar-refractivity contribution in [1.82, 2.24) is 0 Å². The van der Waals surface area contributed by atoms with Gasteiger partial charge in [0.05, 0.1) is 10.4 Å². The fourth-order valence-electron chi connectivity index (χ4n) is 8.78. The minimum atomic E-state index is 0.901. The lowest BCUT2D eigenvalue weighted by Gasteiger charge is -2.29. The highest BCUT2D eigenvalue weighted by Crippen LogP contribution is 2.50. The molecule has 0 saturated carbocycles. The zero-order valence-corrected chi connectivity index (χ0v) is 32.0. The van der Waals surface area contributed by atoms with E-state index in [9.17, 15) is 0 Å². The molecule has 3 heterocycles. The Bertz CT molecular complexity index is 3340. The van der Waals surface area contributed by atoms with Crippen LogP contribution in [0.15, 0.2) is 209 Å². The van der Waals surface area contributed by atoms with Crippen LogP contribution in [0.4, 0.5) is 17.1 Å². The molecule has 3 nitrogen and oxygen atoms in total. The summed E-state index contributed by atoms with van der Waals surface area (Å²) in [7, 11) is 0. The fraction of sp³-hybridized carbons (Fsp3) is 0. The van der Waals surface area contributed by atoms with Crippen LogP contribution in [-0.2, 0) is 0 Å². The third kappa shape index (κ3) is 5.12. The molecule has 9 aromatic carbocycles. The van der Waals surface area contributed by atoms with Gasteiger partial charge >= 0.3 is 0 Å². The van der Waals surface area contributed by atoms with Crippen LogP contribution in [0.1, 0.15) is 0 Å². The van der Waals surface area contributed by atoms with Gasteiger partial charge in [0, 0.05) is 65.1 Å². The molecule has 0 saturated heterocycles. The van der Waals surface area contributed by atoms with Gasteiger partial charge < -0.3 is 13.7 Å². The molecule has 0 radical (unpaired) electrons. The van der Waals surface area contributed by atoms with Crippen molar-refractivity contribution >= 4 is 92.4 Å². The highest BCUT2D eigenvalue weighted by atomic mass is 32.1. The van der Waals surface area contributed by atoms with Crippen molar-refractivity contribution < 1.29 is 8.83 Å². The summed E-state index contributed by atoms with van der Waals surface area (Å²) in [6, 6.07) is 71.4. The number of anilines is 3. The second-order valence-corrected chi connectivity index (χ2v) is 15.8. The van der Waals surface area contributed by atoms with Crippen molar-refractivity contribution in [3.63, 3.8) is 0 Å². The Morgan fingerprint density at radius 2 is 0.810 bits per heavy atom. The van der Waals surface area contributed by atoms with Crippen LogP contribution < -0.4 is 4.90 Å². The maximum atomic E-state index is 6.47. The van der Waals surface area contributed by atoms with Gasteiger partial charge in [-0.05, 0) is 59.2 Å². The molecule has 0 aliphatic carbocycles. The van der Waals surface area contributed by atoms with Crippen molar-refractivity contribution in [2.45, 2.75) is 0 Å². The van der Waals surface area contributed by atoms with Crippen molar-refractivity contribution in [2.24, 2.45) is 0 Å². The average molecular weight is 760 g/mol. The predicted octanol–water partition coefficient (Wildman–Crippen LogP) is 16.3. The number of furan rings is 2. The average Bonchev–Trinajstić information content (AvgIpc) is 3.99. The van der Waals surface area contributed by atoms with E-state index in [-0.39, 0.29) is 0 Å². The van der Waals surface area contributed by atoms with E-state index in [2.05, 4.69) is 181 Å². The molecule has 12 aromatic rings. The summed E-state index contributed by atoms with van der Waals surface area (Å²) in [6.07, 6.45) is 0. The highest BCUT2D eigenvalue weighted by molar-refractivity contribution is 7.26. The SMILES string of the molecule is c1ccc(-c2ccc3c(sc4ccccc43)c2N(c2ccc(-c3cccc4c3oc3ccccc34)cc2)c2ccc(-c3cccc4c3oc3ccccc34)cc2)cc1. The molecule has 0 unspecified atom stereocenters. The smallest absolute Gasteiger partial charge is 0.143 e. The second-order valence-electron chi connectivity index (χ2n) is 14.8. The number of thiophene rings is 1. The molecule has 0 aliphatic rings. The van der Waals surface area contributed by atoms with Gasteiger partial charge in [-0.1, -0.05) is 158 Å². The molecule has 58 heavy (non-hydrogen) atoms. The summed E-state index contributed by atoms with van der Waals surface area (Å²) < 4.78 is 15.5. The summed E-state index contributed by atoms with van der Waals surface area (Å²) in [4.78, 5) is 2.44. The third-order valence-electron chi connectivity index (χ3n) is 11.5. The zero-order valence-electron chi connectivity index (χ0n) is 31.2. The maximum Gasteiger partial charge on any atom is 0.143 e. The minimum Gasteiger partial charge on any atom is -0.455 e. The summed E-state index contributed by atoms with van der Waals surface area (Å²) in [5, 5.41) is 7.04. The van der Waals surface area contributed by atoms with Crippen LogP contribution in [-0.4, -0.2) is 0 Å². The van der Waals surface area contributed by atoms with Crippen molar-refractivity contribution in [3.05, 3.63) is 200 Å². The van der Waals surface area contributed by atoms with E-state index in [0.717, 1.165) is 83.2 Å². The highest BCUT2D eigenvalue weighted by Gasteiger charge is 2.24. The maximum absolute atomic E-state index is 6.47. The number of benzene rings is 9. The summed E-state index contributed by atoms with van der Waals surface area (Å²) >= 11 is 1.86.